The maximum absolute atomic E-state index is 13.7. The fraction of sp³-hybridized carbons (Fsp3) is 0.333. The lowest BCUT2D eigenvalue weighted by Crippen LogP contribution is -2.28. The van der Waals surface area contributed by atoms with Crippen LogP contribution in [-0.4, -0.2) is 37.8 Å². The summed E-state index contributed by atoms with van der Waals surface area (Å²) in [4.78, 5) is 16.2. The number of thiazole rings is 1. The number of carbonyl (C=O) groups is 1. The lowest BCUT2D eigenvalue weighted by Gasteiger charge is -2.11. The Morgan fingerprint density at radius 3 is 2.87 bits per heavy atom. The van der Waals surface area contributed by atoms with E-state index in [1.165, 1.54) is 37.7 Å². The van der Waals surface area contributed by atoms with Gasteiger partial charge in [0.2, 0.25) is 5.91 Å². The van der Waals surface area contributed by atoms with E-state index in [1.807, 2.05) is 0 Å². The number of rotatable bonds is 7. The SMILES string of the molecule is COc1ccc(-c2csc(NC(=O)CC(CN)OC)n2)cc1F. The predicted octanol–water partition coefficient (Wildman–Crippen LogP) is 2.26. The van der Waals surface area contributed by atoms with Crippen LogP contribution in [0.15, 0.2) is 23.6 Å². The summed E-state index contributed by atoms with van der Waals surface area (Å²) in [5, 5.41) is 4.86. The van der Waals surface area contributed by atoms with Crippen LogP contribution in [0.2, 0.25) is 0 Å². The highest BCUT2D eigenvalue weighted by atomic mass is 32.1. The fourth-order valence-electron chi connectivity index (χ4n) is 1.93. The van der Waals surface area contributed by atoms with E-state index in [2.05, 4.69) is 10.3 Å². The molecule has 1 heterocycles. The summed E-state index contributed by atoms with van der Waals surface area (Å²) in [6.07, 6.45) is -0.177. The normalized spacial score (nSPS) is 12.0. The van der Waals surface area contributed by atoms with Crippen LogP contribution >= 0.6 is 11.3 Å². The summed E-state index contributed by atoms with van der Waals surface area (Å²) in [6, 6.07) is 4.58. The van der Waals surface area contributed by atoms with Crippen LogP contribution < -0.4 is 15.8 Å². The highest BCUT2D eigenvalue weighted by molar-refractivity contribution is 7.14. The lowest BCUT2D eigenvalue weighted by atomic mass is 10.1. The zero-order valence-electron chi connectivity index (χ0n) is 12.8. The molecule has 0 aliphatic carbocycles. The van der Waals surface area contributed by atoms with Gasteiger partial charge in [0.1, 0.15) is 0 Å². The van der Waals surface area contributed by atoms with Crippen LogP contribution in [0.4, 0.5) is 9.52 Å². The number of hydrogen-bond acceptors (Lipinski definition) is 6. The molecule has 6 nitrogen and oxygen atoms in total. The second-order valence-electron chi connectivity index (χ2n) is 4.73. The first-order valence-electron chi connectivity index (χ1n) is 6.89. The van der Waals surface area contributed by atoms with Gasteiger partial charge in [0.15, 0.2) is 16.7 Å². The van der Waals surface area contributed by atoms with Gasteiger partial charge in [0.05, 0.1) is 25.3 Å². The molecule has 3 N–H and O–H groups in total. The van der Waals surface area contributed by atoms with Gasteiger partial charge >= 0.3 is 0 Å². The van der Waals surface area contributed by atoms with Crippen molar-refractivity contribution < 1.29 is 18.7 Å². The van der Waals surface area contributed by atoms with Gasteiger partial charge in [-0.3, -0.25) is 4.79 Å². The third kappa shape index (κ3) is 4.47. The molecular formula is C15H18FN3O3S. The van der Waals surface area contributed by atoms with Gasteiger partial charge in [-0.15, -0.1) is 11.3 Å². The lowest BCUT2D eigenvalue weighted by molar-refractivity contribution is -0.118. The van der Waals surface area contributed by atoms with Crippen LogP contribution in [0.5, 0.6) is 5.75 Å². The highest BCUT2D eigenvalue weighted by Crippen LogP contribution is 2.28. The topological polar surface area (TPSA) is 86.5 Å². The van der Waals surface area contributed by atoms with Crippen LogP contribution in [0.1, 0.15) is 6.42 Å². The highest BCUT2D eigenvalue weighted by Gasteiger charge is 2.14. The minimum Gasteiger partial charge on any atom is -0.494 e. The first-order chi connectivity index (χ1) is 11.1. The summed E-state index contributed by atoms with van der Waals surface area (Å²) in [6.45, 7) is 0.262. The van der Waals surface area contributed by atoms with Crippen molar-refractivity contribution in [3.63, 3.8) is 0 Å². The number of benzene rings is 1. The van der Waals surface area contributed by atoms with Crippen molar-refractivity contribution in [3.8, 4) is 17.0 Å². The Morgan fingerprint density at radius 1 is 1.48 bits per heavy atom. The van der Waals surface area contributed by atoms with E-state index in [9.17, 15) is 9.18 Å². The molecule has 0 fully saturated rings. The van der Waals surface area contributed by atoms with E-state index < -0.39 is 5.82 Å². The van der Waals surface area contributed by atoms with Crippen LogP contribution in [0, 0.1) is 5.82 Å². The summed E-state index contributed by atoms with van der Waals surface area (Å²) in [5.74, 6) is -0.525. The van der Waals surface area contributed by atoms with Crippen LogP contribution in [0.3, 0.4) is 0 Å². The molecule has 1 unspecified atom stereocenters. The molecule has 0 saturated carbocycles. The molecule has 124 valence electrons. The number of methoxy groups -OCH3 is 2. The Labute approximate surface area is 137 Å². The Kier molecular flexibility index (Phi) is 6.03. The molecule has 1 aromatic heterocycles. The molecular weight excluding hydrogens is 321 g/mol. The molecule has 2 rings (SSSR count). The third-order valence-corrected chi connectivity index (χ3v) is 3.97. The monoisotopic (exact) mass is 339 g/mol. The number of halogens is 1. The predicted molar refractivity (Wildman–Crippen MR) is 87.2 cm³/mol. The molecule has 1 aromatic carbocycles. The van der Waals surface area contributed by atoms with Crippen molar-refractivity contribution in [2.45, 2.75) is 12.5 Å². The average Bonchev–Trinajstić information content (AvgIpc) is 3.00. The number of anilines is 1. The molecule has 0 aliphatic heterocycles. The van der Waals surface area contributed by atoms with Gasteiger partial charge < -0.3 is 20.5 Å². The van der Waals surface area contributed by atoms with E-state index in [0.717, 1.165) is 0 Å². The molecule has 0 radical (unpaired) electrons. The van der Waals surface area contributed by atoms with Crippen LogP contribution in [0.25, 0.3) is 11.3 Å². The zero-order valence-corrected chi connectivity index (χ0v) is 13.7. The minimum atomic E-state index is -0.463. The number of amides is 1. The van der Waals surface area contributed by atoms with E-state index in [1.54, 1.807) is 11.4 Å². The Balaban J connectivity index is 2.06. The Morgan fingerprint density at radius 2 is 2.26 bits per heavy atom. The zero-order chi connectivity index (χ0) is 16.8. The molecule has 2 aromatic rings. The van der Waals surface area contributed by atoms with Gasteiger partial charge in [0, 0.05) is 24.6 Å². The summed E-state index contributed by atoms with van der Waals surface area (Å²) >= 11 is 1.26. The first-order valence-corrected chi connectivity index (χ1v) is 7.77. The second-order valence-corrected chi connectivity index (χ2v) is 5.59. The van der Waals surface area contributed by atoms with E-state index in [-0.39, 0.29) is 30.7 Å². The number of nitrogens with two attached hydrogens (primary N) is 1. The number of aromatic nitrogens is 1. The van der Waals surface area contributed by atoms with E-state index in [4.69, 9.17) is 15.2 Å². The van der Waals surface area contributed by atoms with Gasteiger partial charge in [-0.1, -0.05) is 0 Å². The quantitative estimate of drug-likeness (QED) is 0.808. The van der Waals surface area contributed by atoms with Gasteiger partial charge in [-0.25, -0.2) is 9.37 Å². The number of ether oxygens (including phenoxy) is 2. The number of hydrogen-bond donors (Lipinski definition) is 2. The molecule has 0 bridgehead atoms. The van der Waals surface area contributed by atoms with E-state index >= 15 is 0 Å². The summed E-state index contributed by atoms with van der Waals surface area (Å²) in [7, 11) is 2.91. The van der Waals surface area contributed by atoms with Crippen molar-refractivity contribution in [1.82, 2.24) is 4.98 Å². The maximum Gasteiger partial charge on any atom is 0.228 e. The summed E-state index contributed by atoms with van der Waals surface area (Å²) < 4.78 is 23.7. The van der Waals surface area contributed by atoms with Gasteiger partial charge in [0.25, 0.3) is 0 Å². The number of nitrogens with zero attached hydrogens (tertiary/aromatic N) is 1. The smallest absolute Gasteiger partial charge is 0.228 e. The number of nitrogens with one attached hydrogen (secondary N) is 1. The Bertz CT molecular complexity index is 674. The average molecular weight is 339 g/mol. The molecule has 0 spiro atoms. The van der Waals surface area contributed by atoms with Crippen molar-refractivity contribution in [3.05, 3.63) is 29.4 Å². The number of carbonyl (C=O) groups excluding carboxylic acids is 1. The van der Waals surface area contributed by atoms with Crippen LogP contribution in [-0.2, 0) is 9.53 Å². The van der Waals surface area contributed by atoms with Crippen molar-refractivity contribution >= 4 is 22.4 Å². The molecule has 0 saturated heterocycles. The second kappa shape index (κ2) is 8.00. The Hall–Kier alpha value is -2.03. The third-order valence-electron chi connectivity index (χ3n) is 3.21. The van der Waals surface area contributed by atoms with Crippen molar-refractivity contribution in [2.24, 2.45) is 5.73 Å². The molecule has 1 amide bonds. The minimum absolute atomic E-state index is 0.152. The fourth-order valence-corrected chi connectivity index (χ4v) is 2.67. The van der Waals surface area contributed by atoms with Gasteiger partial charge in [-0.2, -0.15) is 0 Å². The first kappa shape index (κ1) is 17.3. The van der Waals surface area contributed by atoms with Crippen molar-refractivity contribution in [2.75, 3.05) is 26.1 Å². The standard InChI is InChI=1S/C15H18FN3O3S/c1-21-10(7-17)6-14(20)19-15-18-12(8-23-15)9-3-4-13(22-2)11(16)5-9/h3-5,8,10H,6-7,17H2,1-2H3,(H,18,19,20). The molecule has 0 aliphatic rings. The molecule has 23 heavy (non-hydrogen) atoms. The van der Waals surface area contributed by atoms with Crippen molar-refractivity contribution in [1.29, 1.82) is 0 Å². The maximum atomic E-state index is 13.7. The molecule has 1 atom stereocenters. The largest absolute Gasteiger partial charge is 0.494 e. The summed E-state index contributed by atoms with van der Waals surface area (Å²) in [5.41, 5.74) is 6.66. The van der Waals surface area contributed by atoms with Gasteiger partial charge in [-0.05, 0) is 18.2 Å². The van der Waals surface area contributed by atoms with E-state index in [0.29, 0.717) is 16.4 Å². The molecule has 8 heteroatoms.